The van der Waals surface area contributed by atoms with Gasteiger partial charge in [0.1, 0.15) is 11.5 Å². The molecule has 0 aliphatic carbocycles. The highest BCUT2D eigenvalue weighted by molar-refractivity contribution is 6.50. The molecule has 0 aliphatic rings. The molecule has 0 fully saturated rings. The van der Waals surface area contributed by atoms with Crippen LogP contribution in [0.4, 0.5) is 17.3 Å². The van der Waals surface area contributed by atoms with Crippen LogP contribution in [0.25, 0.3) is 0 Å². The summed E-state index contributed by atoms with van der Waals surface area (Å²) in [5, 5.41) is 0. The lowest BCUT2D eigenvalue weighted by molar-refractivity contribution is 0.368. The first kappa shape index (κ1) is 14.1. The van der Waals surface area contributed by atoms with Crippen molar-refractivity contribution < 1.29 is 22.0 Å². The molecule has 1 radical (unpaired) electrons. The average molecular weight is 256 g/mol. The van der Waals surface area contributed by atoms with Gasteiger partial charge in [-0.1, -0.05) is 36.4 Å². The van der Waals surface area contributed by atoms with Crippen molar-refractivity contribution in [2.45, 2.75) is 0 Å². The second kappa shape index (κ2) is 6.69. The molecule has 2 aromatic carbocycles. The largest absolute Gasteiger partial charge is 0.673 e. The third-order valence-corrected chi connectivity index (χ3v) is 1.65. The molecule has 0 aromatic heterocycles. The minimum Gasteiger partial charge on any atom is -0.457 e. The monoisotopic (exact) mass is 256 g/mol. The number of rotatable bonds is 2. The predicted octanol–water partition coefficient (Wildman–Crippen LogP) is 4.58. The molecule has 0 saturated heterocycles. The van der Waals surface area contributed by atoms with E-state index in [0.29, 0.717) is 0 Å². The molecule has 0 heterocycles. The van der Waals surface area contributed by atoms with Crippen LogP contribution in [0, 0.1) is 6.07 Å². The Labute approximate surface area is 102 Å². The fourth-order valence-corrected chi connectivity index (χ4v) is 1.06. The SMILES string of the molecule is F[B-](F)(F)F.[c]1ccccc1Oc1ccccc1. The van der Waals surface area contributed by atoms with E-state index in [2.05, 4.69) is 6.07 Å². The van der Waals surface area contributed by atoms with Crippen LogP contribution in [0.2, 0.25) is 0 Å². The summed E-state index contributed by atoms with van der Waals surface area (Å²) in [7, 11) is -6.00. The van der Waals surface area contributed by atoms with E-state index in [1.807, 2.05) is 54.6 Å². The van der Waals surface area contributed by atoms with Gasteiger partial charge >= 0.3 is 7.25 Å². The number of ether oxygens (including phenoxy) is 1. The van der Waals surface area contributed by atoms with Crippen molar-refractivity contribution >= 4 is 7.25 Å². The lowest BCUT2D eigenvalue weighted by atomic mass is 10.3. The molecule has 0 bridgehead atoms. The van der Waals surface area contributed by atoms with E-state index in [1.54, 1.807) is 0 Å². The molecule has 95 valence electrons. The molecule has 0 saturated carbocycles. The Morgan fingerprint density at radius 3 is 1.89 bits per heavy atom. The number of benzene rings is 2. The molecule has 1 nitrogen and oxygen atoms in total. The van der Waals surface area contributed by atoms with Crippen LogP contribution in [-0.2, 0) is 0 Å². The van der Waals surface area contributed by atoms with Gasteiger partial charge in [-0.2, -0.15) is 0 Å². The first-order chi connectivity index (χ1) is 8.45. The van der Waals surface area contributed by atoms with Crippen LogP contribution in [0.1, 0.15) is 0 Å². The molecule has 2 aromatic rings. The summed E-state index contributed by atoms with van der Waals surface area (Å²) in [4.78, 5) is 0. The van der Waals surface area contributed by atoms with E-state index in [1.165, 1.54) is 0 Å². The van der Waals surface area contributed by atoms with Gasteiger partial charge in [-0.15, -0.1) is 0 Å². The van der Waals surface area contributed by atoms with Gasteiger partial charge in [0.15, 0.2) is 0 Å². The van der Waals surface area contributed by atoms with Gasteiger partial charge in [-0.05, 0) is 18.2 Å². The van der Waals surface area contributed by atoms with Crippen molar-refractivity contribution in [3.8, 4) is 11.5 Å². The van der Waals surface area contributed by atoms with E-state index in [9.17, 15) is 17.3 Å². The van der Waals surface area contributed by atoms with Crippen LogP contribution < -0.4 is 4.74 Å². The van der Waals surface area contributed by atoms with E-state index >= 15 is 0 Å². The summed E-state index contributed by atoms with van der Waals surface area (Å²) < 4.78 is 44.5. The minimum atomic E-state index is -6.00. The topological polar surface area (TPSA) is 9.23 Å². The van der Waals surface area contributed by atoms with Crippen molar-refractivity contribution in [2.75, 3.05) is 0 Å². The minimum absolute atomic E-state index is 0.744. The Morgan fingerprint density at radius 2 is 1.39 bits per heavy atom. The van der Waals surface area contributed by atoms with Gasteiger partial charge in [0.05, 0.1) is 0 Å². The Balaban J connectivity index is 0.000000280. The first-order valence-electron chi connectivity index (χ1n) is 5.02. The summed E-state index contributed by atoms with van der Waals surface area (Å²) in [6, 6.07) is 20.2. The number of halogens is 4. The smallest absolute Gasteiger partial charge is 0.457 e. The van der Waals surface area contributed by atoms with Crippen LogP contribution in [-0.4, -0.2) is 7.25 Å². The summed E-state index contributed by atoms with van der Waals surface area (Å²) in [6.45, 7) is 0. The Morgan fingerprint density at radius 1 is 0.833 bits per heavy atom. The molecule has 0 unspecified atom stereocenters. The number of para-hydroxylation sites is 2. The molecule has 0 N–H and O–H groups in total. The maximum Gasteiger partial charge on any atom is 0.673 e. The second-order valence-corrected chi connectivity index (χ2v) is 3.14. The van der Waals surface area contributed by atoms with Gasteiger partial charge in [0.2, 0.25) is 0 Å². The van der Waals surface area contributed by atoms with Crippen molar-refractivity contribution in [3.63, 3.8) is 0 Å². The van der Waals surface area contributed by atoms with Crippen molar-refractivity contribution in [1.82, 2.24) is 0 Å². The summed E-state index contributed by atoms with van der Waals surface area (Å²) in [5.74, 6) is 1.58. The Hall–Kier alpha value is -1.98. The number of hydrogen-bond acceptors (Lipinski definition) is 1. The molecule has 0 spiro atoms. The van der Waals surface area contributed by atoms with E-state index in [-0.39, 0.29) is 0 Å². The fraction of sp³-hybridized carbons (Fsp3) is 0. The lowest BCUT2D eigenvalue weighted by Gasteiger charge is -2.03. The van der Waals surface area contributed by atoms with Crippen LogP contribution in [0.15, 0.2) is 54.6 Å². The predicted molar refractivity (Wildman–Crippen MR) is 62.0 cm³/mol. The van der Waals surface area contributed by atoms with Crippen molar-refractivity contribution in [1.29, 1.82) is 0 Å². The maximum atomic E-state index is 9.75. The molecular formula is C12H9BF4O-. The highest BCUT2D eigenvalue weighted by Crippen LogP contribution is 2.18. The van der Waals surface area contributed by atoms with Gasteiger partial charge in [-0.25, -0.2) is 0 Å². The standard InChI is InChI=1S/C12H9O.BF4/c1-3-7-11(8-4-1)13-12-9-5-2-6-10-12;2-1(3,4)5/h1-9H;/q;-1. The molecule has 0 atom stereocenters. The van der Waals surface area contributed by atoms with Crippen molar-refractivity contribution in [3.05, 3.63) is 60.7 Å². The average Bonchev–Trinajstić information content (AvgIpc) is 2.29. The van der Waals surface area contributed by atoms with Gasteiger partial charge in [0, 0.05) is 6.07 Å². The zero-order chi connectivity index (χ0) is 13.4. The first-order valence-corrected chi connectivity index (χ1v) is 5.02. The van der Waals surface area contributed by atoms with Crippen LogP contribution in [0.3, 0.4) is 0 Å². The molecule has 6 heteroatoms. The third-order valence-electron chi connectivity index (χ3n) is 1.65. The second-order valence-electron chi connectivity index (χ2n) is 3.14. The van der Waals surface area contributed by atoms with Gasteiger partial charge in [-0.3, -0.25) is 0 Å². The maximum absolute atomic E-state index is 9.75. The van der Waals surface area contributed by atoms with E-state index in [0.717, 1.165) is 11.5 Å². The normalized spacial score (nSPS) is 10.2. The molecule has 2 rings (SSSR count). The fourth-order valence-electron chi connectivity index (χ4n) is 1.06. The molecule has 18 heavy (non-hydrogen) atoms. The Kier molecular flexibility index (Phi) is 5.23. The Bertz CT molecular complexity index is 401. The summed E-state index contributed by atoms with van der Waals surface area (Å²) in [6.07, 6.45) is 0. The van der Waals surface area contributed by atoms with Gasteiger partial charge in [0.25, 0.3) is 0 Å². The summed E-state index contributed by atoms with van der Waals surface area (Å²) in [5.41, 5.74) is 0. The molecule has 0 amide bonds. The van der Waals surface area contributed by atoms with Gasteiger partial charge < -0.3 is 22.0 Å². The zero-order valence-electron chi connectivity index (χ0n) is 9.19. The zero-order valence-corrected chi connectivity index (χ0v) is 9.19. The van der Waals surface area contributed by atoms with Crippen LogP contribution >= 0.6 is 0 Å². The lowest BCUT2D eigenvalue weighted by Crippen LogP contribution is -2.02. The quantitative estimate of drug-likeness (QED) is 0.564. The highest BCUT2D eigenvalue weighted by atomic mass is 19.5. The molecule has 0 aliphatic heterocycles. The highest BCUT2D eigenvalue weighted by Gasteiger charge is 2.20. The van der Waals surface area contributed by atoms with Crippen molar-refractivity contribution in [2.24, 2.45) is 0 Å². The van der Waals surface area contributed by atoms with E-state index < -0.39 is 7.25 Å². The third kappa shape index (κ3) is 7.32. The van der Waals surface area contributed by atoms with Crippen LogP contribution in [0.5, 0.6) is 11.5 Å². The summed E-state index contributed by atoms with van der Waals surface area (Å²) >= 11 is 0. The molecular weight excluding hydrogens is 247 g/mol. The van der Waals surface area contributed by atoms with E-state index in [4.69, 9.17) is 4.74 Å². The number of hydrogen-bond donors (Lipinski definition) is 0.